The summed E-state index contributed by atoms with van der Waals surface area (Å²) in [5.41, 5.74) is 12.4. The molecule has 0 spiro atoms. The number of nitrogens with two attached hydrogens (primary N) is 2. The van der Waals surface area contributed by atoms with E-state index in [1.165, 1.54) is 0 Å². The molecule has 0 aliphatic rings. The zero-order chi connectivity index (χ0) is 14.1. The van der Waals surface area contributed by atoms with Crippen LogP contribution in [0, 0.1) is 5.92 Å². The highest BCUT2D eigenvalue weighted by molar-refractivity contribution is 5.82. The van der Waals surface area contributed by atoms with Gasteiger partial charge in [-0.1, -0.05) is 32.4 Å². The third kappa shape index (κ3) is 6.17. The molecule has 0 rings (SSSR count). The normalized spacial score (nSPS) is 15.8. The van der Waals surface area contributed by atoms with Crippen LogP contribution < -0.4 is 16.8 Å². The quantitative estimate of drug-likeness (QED) is 0.432. The molecule has 3 atom stereocenters. The van der Waals surface area contributed by atoms with Crippen molar-refractivity contribution in [2.45, 2.75) is 58.5 Å². The standard InChI is InChI=1S/C14H29N3O/c1-5-11(4)13(16)14(18)17-12(10(2)3)8-6-7-9-15/h11-13H,2,5-9,15-16H2,1,3-4H3,(H,17,18)/t11?,12-,13?/m0/s1. The molecule has 0 saturated carbocycles. The van der Waals surface area contributed by atoms with E-state index in [0.29, 0.717) is 6.54 Å². The Bertz CT molecular complexity index is 266. The zero-order valence-corrected chi connectivity index (χ0v) is 12.0. The summed E-state index contributed by atoms with van der Waals surface area (Å²) in [5, 5.41) is 2.99. The number of unbranched alkanes of at least 4 members (excludes halogenated alkanes) is 1. The molecule has 4 heteroatoms. The molecular weight excluding hydrogens is 226 g/mol. The number of nitrogens with one attached hydrogen (secondary N) is 1. The molecule has 2 unspecified atom stereocenters. The Morgan fingerprint density at radius 3 is 2.44 bits per heavy atom. The molecule has 0 radical (unpaired) electrons. The van der Waals surface area contributed by atoms with Crippen LogP contribution in [0.4, 0.5) is 0 Å². The predicted molar refractivity (Wildman–Crippen MR) is 77.1 cm³/mol. The first-order valence-electron chi connectivity index (χ1n) is 6.85. The van der Waals surface area contributed by atoms with E-state index >= 15 is 0 Å². The molecule has 0 saturated heterocycles. The van der Waals surface area contributed by atoms with Gasteiger partial charge in [0.1, 0.15) is 0 Å². The highest BCUT2D eigenvalue weighted by Crippen LogP contribution is 2.10. The van der Waals surface area contributed by atoms with Crippen molar-refractivity contribution >= 4 is 5.91 Å². The largest absolute Gasteiger partial charge is 0.348 e. The number of carbonyl (C=O) groups excluding carboxylic acids is 1. The van der Waals surface area contributed by atoms with Crippen LogP contribution in [0.1, 0.15) is 46.5 Å². The van der Waals surface area contributed by atoms with Crippen molar-refractivity contribution in [3.8, 4) is 0 Å². The fraction of sp³-hybridized carbons (Fsp3) is 0.786. The van der Waals surface area contributed by atoms with Gasteiger partial charge in [0, 0.05) is 6.04 Å². The minimum absolute atomic E-state index is 0.0131. The van der Waals surface area contributed by atoms with E-state index in [-0.39, 0.29) is 17.9 Å². The summed E-state index contributed by atoms with van der Waals surface area (Å²) >= 11 is 0. The maximum Gasteiger partial charge on any atom is 0.237 e. The van der Waals surface area contributed by atoms with Gasteiger partial charge in [-0.2, -0.15) is 0 Å². The molecule has 106 valence electrons. The summed E-state index contributed by atoms with van der Waals surface area (Å²) in [6, 6.07) is -0.425. The van der Waals surface area contributed by atoms with E-state index in [2.05, 4.69) is 11.9 Å². The SMILES string of the molecule is C=C(C)[C@H](CCCCN)NC(=O)C(N)C(C)CC. The third-order valence-corrected chi connectivity index (χ3v) is 3.42. The average Bonchev–Trinajstić information content (AvgIpc) is 2.35. The van der Waals surface area contributed by atoms with Gasteiger partial charge in [-0.05, 0) is 38.6 Å². The summed E-state index contributed by atoms with van der Waals surface area (Å²) in [6.45, 7) is 10.6. The molecule has 5 N–H and O–H groups in total. The van der Waals surface area contributed by atoms with Crippen LogP contribution in [0.15, 0.2) is 12.2 Å². The Morgan fingerprint density at radius 2 is 2.00 bits per heavy atom. The first kappa shape index (κ1) is 17.1. The van der Waals surface area contributed by atoms with Crippen molar-refractivity contribution in [3.05, 3.63) is 12.2 Å². The third-order valence-electron chi connectivity index (χ3n) is 3.42. The smallest absolute Gasteiger partial charge is 0.237 e. The minimum Gasteiger partial charge on any atom is -0.348 e. The van der Waals surface area contributed by atoms with Crippen molar-refractivity contribution in [1.82, 2.24) is 5.32 Å². The highest BCUT2D eigenvalue weighted by atomic mass is 16.2. The molecule has 0 fully saturated rings. The maximum absolute atomic E-state index is 12.0. The van der Waals surface area contributed by atoms with E-state index in [9.17, 15) is 4.79 Å². The molecule has 0 aromatic heterocycles. The summed E-state index contributed by atoms with van der Waals surface area (Å²) < 4.78 is 0. The van der Waals surface area contributed by atoms with Crippen LogP contribution >= 0.6 is 0 Å². The van der Waals surface area contributed by atoms with E-state index in [0.717, 1.165) is 31.3 Å². The molecule has 0 aliphatic carbocycles. The number of amides is 1. The monoisotopic (exact) mass is 255 g/mol. The van der Waals surface area contributed by atoms with Crippen LogP contribution in [0.2, 0.25) is 0 Å². The Kier molecular flexibility index (Phi) is 8.67. The van der Waals surface area contributed by atoms with Crippen molar-refractivity contribution in [3.63, 3.8) is 0 Å². The molecule has 0 aliphatic heterocycles. The Balaban J connectivity index is 4.31. The first-order chi connectivity index (χ1) is 8.43. The number of rotatable bonds is 9. The second-order valence-electron chi connectivity index (χ2n) is 5.10. The van der Waals surface area contributed by atoms with Gasteiger partial charge in [0.05, 0.1) is 6.04 Å². The van der Waals surface area contributed by atoms with Crippen molar-refractivity contribution in [1.29, 1.82) is 0 Å². The summed E-state index contributed by atoms with van der Waals surface area (Å²) in [5.74, 6) is 0.116. The lowest BCUT2D eigenvalue weighted by atomic mass is 9.97. The van der Waals surface area contributed by atoms with Gasteiger partial charge < -0.3 is 16.8 Å². The second-order valence-corrected chi connectivity index (χ2v) is 5.10. The van der Waals surface area contributed by atoms with Crippen molar-refractivity contribution in [2.75, 3.05) is 6.54 Å². The highest BCUT2D eigenvalue weighted by Gasteiger charge is 2.22. The predicted octanol–water partition coefficient (Wildman–Crippen LogP) is 1.55. The van der Waals surface area contributed by atoms with E-state index in [4.69, 9.17) is 11.5 Å². The number of hydrogen-bond acceptors (Lipinski definition) is 3. The minimum atomic E-state index is -0.439. The molecule has 0 aromatic rings. The summed E-state index contributed by atoms with van der Waals surface area (Å²) in [4.78, 5) is 12.0. The van der Waals surface area contributed by atoms with Crippen LogP contribution in [-0.2, 0) is 4.79 Å². The van der Waals surface area contributed by atoms with E-state index in [1.807, 2.05) is 20.8 Å². The van der Waals surface area contributed by atoms with Gasteiger partial charge in [0.2, 0.25) is 5.91 Å². The van der Waals surface area contributed by atoms with E-state index < -0.39 is 6.04 Å². The van der Waals surface area contributed by atoms with Gasteiger partial charge in [0.15, 0.2) is 0 Å². The van der Waals surface area contributed by atoms with Crippen LogP contribution in [0.25, 0.3) is 0 Å². The molecule has 0 heterocycles. The fourth-order valence-electron chi connectivity index (χ4n) is 1.71. The molecule has 0 aromatic carbocycles. The Hall–Kier alpha value is -0.870. The van der Waals surface area contributed by atoms with Gasteiger partial charge in [0.25, 0.3) is 0 Å². The average molecular weight is 255 g/mol. The maximum atomic E-state index is 12.0. The zero-order valence-electron chi connectivity index (χ0n) is 12.0. The first-order valence-corrected chi connectivity index (χ1v) is 6.85. The summed E-state index contributed by atoms with van der Waals surface area (Å²) in [7, 11) is 0. The lowest BCUT2D eigenvalue weighted by Gasteiger charge is -2.23. The molecule has 1 amide bonds. The van der Waals surface area contributed by atoms with Crippen molar-refractivity contribution in [2.24, 2.45) is 17.4 Å². The van der Waals surface area contributed by atoms with Gasteiger partial charge in [-0.3, -0.25) is 4.79 Å². The molecular formula is C14H29N3O. The van der Waals surface area contributed by atoms with Crippen LogP contribution in [-0.4, -0.2) is 24.5 Å². The molecule has 18 heavy (non-hydrogen) atoms. The van der Waals surface area contributed by atoms with Crippen molar-refractivity contribution < 1.29 is 4.79 Å². The topological polar surface area (TPSA) is 81.1 Å². The Morgan fingerprint density at radius 1 is 1.39 bits per heavy atom. The van der Waals surface area contributed by atoms with Gasteiger partial charge >= 0.3 is 0 Å². The fourth-order valence-corrected chi connectivity index (χ4v) is 1.71. The van der Waals surface area contributed by atoms with Crippen LogP contribution in [0.3, 0.4) is 0 Å². The van der Waals surface area contributed by atoms with E-state index in [1.54, 1.807) is 0 Å². The molecule has 0 bridgehead atoms. The summed E-state index contributed by atoms with van der Waals surface area (Å²) in [6.07, 6.45) is 3.74. The lowest BCUT2D eigenvalue weighted by molar-refractivity contribution is -0.123. The number of carbonyl (C=O) groups is 1. The Labute approximate surface area is 111 Å². The second kappa shape index (κ2) is 9.11. The van der Waals surface area contributed by atoms with Gasteiger partial charge in [-0.25, -0.2) is 0 Å². The number of hydrogen-bond donors (Lipinski definition) is 3. The van der Waals surface area contributed by atoms with Crippen LogP contribution in [0.5, 0.6) is 0 Å². The van der Waals surface area contributed by atoms with Gasteiger partial charge in [-0.15, -0.1) is 0 Å². The molecule has 4 nitrogen and oxygen atoms in total. The lowest BCUT2D eigenvalue weighted by Crippen LogP contribution is -2.48.